The van der Waals surface area contributed by atoms with E-state index in [1.54, 1.807) is 12.1 Å². The van der Waals surface area contributed by atoms with Crippen LogP contribution in [0.25, 0.3) is 44.2 Å². The predicted molar refractivity (Wildman–Crippen MR) is 218 cm³/mol. The molecular formula is C50H32F3NO2. The molecule has 1 aromatic heterocycles. The Hall–Kier alpha value is -7.05. The van der Waals surface area contributed by atoms with Crippen LogP contribution in [0.4, 0.5) is 30.2 Å². The van der Waals surface area contributed by atoms with Crippen molar-refractivity contribution in [1.29, 1.82) is 0 Å². The minimum atomic E-state index is -4.79. The second-order valence-corrected chi connectivity index (χ2v) is 14.0. The SMILES string of the molecule is FC(F)(F)Oc1ccc(N(c2ccc(-c3cccc4c3oc3ccccc34)cc2)c2ccc(C3(c4ccccc4)c4ccccc4-c4ccccc43)cc2)cc1. The van der Waals surface area contributed by atoms with Gasteiger partial charge in [-0.05, 0) is 93.5 Å². The zero-order valence-corrected chi connectivity index (χ0v) is 29.9. The molecule has 270 valence electrons. The molecular weight excluding hydrogens is 704 g/mol. The van der Waals surface area contributed by atoms with E-state index in [1.807, 2.05) is 47.4 Å². The Bertz CT molecular complexity index is 2820. The molecule has 0 spiro atoms. The van der Waals surface area contributed by atoms with Crippen molar-refractivity contribution in [2.75, 3.05) is 4.90 Å². The van der Waals surface area contributed by atoms with Gasteiger partial charge in [0.25, 0.3) is 0 Å². The Morgan fingerprint density at radius 2 is 0.946 bits per heavy atom. The summed E-state index contributed by atoms with van der Waals surface area (Å²) in [5.41, 5.74) is 12.5. The van der Waals surface area contributed by atoms with Crippen LogP contribution < -0.4 is 9.64 Å². The lowest BCUT2D eigenvalue weighted by atomic mass is 9.68. The standard InChI is InChI=1S/C50H32F3NO2/c51-50(52,53)56-39-31-29-38(30-32-39)54(36-25-21-33(22-26-36)40-16-10-17-44-43-15-6-9-20-47(43)55-48(40)44)37-27-23-35(24-28-37)49(34-11-2-1-3-12-34)45-18-7-4-13-41(45)42-14-5-8-19-46(42)49/h1-32H. The summed E-state index contributed by atoms with van der Waals surface area (Å²) >= 11 is 0. The molecule has 0 saturated heterocycles. The Labute approximate surface area is 321 Å². The maximum absolute atomic E-state index is 13.1. The highest BCUT2D eigenvalue weighted by molar-refractivity contribution is 6.09. The molecule has 1 aliphatic carbocycles. The van der Waals surface area contributed by atoms with Gasteiger partial charge >= 0.3 is 6.36 Å². The largest absolute Gasteiger partial charge is 0.573 e. The molecule has 0 fully saturated rings. The molecule has 6 heteroatoms. The van der Waals surface area contributed by atoms with E-state index in [1.165, 1.54) is 34.4 Å². The van der Waals surface area contributed by atoms with Crippen LogP contribution >= 0.6 is 0 Å². The molecule has 1 heterocycles. The van der Waals surface area contributed by atoms with Crippen LogP contribution in [0, 0.1) is 0 Å². The van der Waals surface area contributed by atoms with Gasteiger partial charge in [-0.2, -0.15) is 0 Å². The molecule has 3 nitrogen and oxygen atoms in total. The summed E-state index contributed by atoms with van der Waals surface area (Å²) in [6, 6.07) is 64.6. The fourth-order valence-corrected chi connectivity index (χ4v) is 8.58. The molecule has 10 rings (SSSR count). The first-order chi connectivity index (χ1) is 27.4. The lowest BCUT2D eigenvalue weighted by molar-refractivity contribution is -0.274. The Morgan fingerprint density at radius 1 is 0.446 bits per heavy atom. The van der Waals surface area contributed by atoms with Crippen LogP contribution in [0.15, 0.2) is 199 Å². The molecule has 1 aliphatic rings. The summed E-state index contributed by atoms with van der Waals surface area (Å²) in [4.78, 5) is 2.04. The van der Waals surface area contributed by atoms with E-state index in [0.29, 0.717) is 5.69 Å². The van der Waals surface area contributed by atoms with E-state index in [2.05, 4.69) is 132 Å². The number of ether oxygens (including phenoxy) is 1. The van der Waals surface area contributed by atoms with Gasteiger partial charge < -0.3 is 14.1 Å². The fraction of sp³-hybridized carbons (Fsp3) is 0.0400. The molecule has 0 N–H and O–H groups in total. The van der Waals surface area contributed by atoms with Crippen molar-refractivity contribution in [2.45, 2.75) is 11.8 Å². The molecule has 9 aromatic rings. The Balaban J connectivity index is 1.10. The number of furan rings is 1. The third-order valence-electron chi connectivity index (χ3n) is 10.9. The van der Waals surface area contributed by atoms with Gasteiger partial charge in [0.15, 0.2) is 0 Å². The molecule has 0 atom stereocenters. The summed E-state index contributed by atoms with van der Waals surface area (Å²) in [5.74, 6) is -0.283. The number of hydrogen-bond donors (Lipinski definition) is 0. The van der Waals surface area contributed by atoms with Gasteiger partial charge in [-0.3, -0.25) is 0 Å². The Kier molecular flexibility index (Phi) is 7.82. The predicted octanol–water partition coefficient (Wildman–Crippen LogP) is 14.0. The number of para-hydroxylation sites is 2. The second kappa shape index (κ2) is 13.1. The van der Waals surface area contributed by atoms with Crippen molar-refractivity contribution in [3.05, 3.63) is 216 Å². The summed E-state index contributed by atoms with van der Waals surface area (Å²) in [6.07, 6.45) is -4.79. The van der Waals surface area contributed by atoms with E-state index in [4.69, 9.17) is 4.42 Å². The summed E-state index contributed by atoms with van der Waals surface area (Å²) in [6.45, 7) is 0. The van der Waals surface area contributed by atoms with Crippen molar-refractivity contribution in [2.24, 2.45) is 0 Å². The van der Waals surface area contributed by atoms with Crippen LogP contribution in [-0.4, -0.2) is 6.36 Å². The quantitative estimate of drug-likeness (QED) is 0.163. The molecule has 8 aromatic carbocycles. The smallest absolute Gasteiger partial charge is 0.455 e. The normalized spacial score (nSPS) is 13.1. The fourth-order valence-electron chi connectivity index (χ4n) is 8.58. The van der Waals surface area contributed by atoms with Crippen LogP contribution in [0.1, 0.15) is 22.3 Å². The summed E-state index contributed by atoms with van der Waals surface area (Å²) in [5, 5.41) is 2.11. The Morgan fingerprint density at radius 3 is 1.59 bits per heavy atom. The molecule has 0 radical (unpaired) electrons. The van der Waals surface area contributed by atoms with Crippen LogP contribution in [-0.2, 0) is 5.41 Å². The van der Waals surface area contributed by atoms with E-state index in [-0.39, 0.29) is 5.75 Å². The molecule has 0 amide bonds. The van der Waals surface area contributed by atoms with Gasteiger partial charge in [-0.15, -0.1) is 13.2 Å². The number of anilines is 3. The van der Waals surface area contributed by atoms with Gasteiger partial charge in [0.1, 0.15) is 16.9 Å². The highest BCUT2D eigenvalue weighted by Gasteiger charge is 2.45. The lowest BCUT2D eigenvalue weighted by Crippen LogP contribution is -2.28. The zero-order chi connectivity index (χ0) is 37.9. The number of nitrogens with zero attached hydrogens (tertiary/aromatic N) is 1. The molecule has 56 heavy (non-hydrogen) atoms. The number of alkyl halides is 3. The number of halogens is 3. The monoisotopic (exact) mass is 735 g/mol. The highest BCUT2D eigenvalue weighted by atomic mass is 19.4. The third kappa shape index (κ3) is 5.44. The van der Waals surface area contributed by atoms with Crippen LogP contribution in [0.2, 0.25) is 0 Å². The van der Waals surface area contributed by atoms with E-state index in [9.17, 15) is 13.2 Å². The molecule has 0 aliphatic heterocycles. The van der Waals surface area contributed by atoms with Gasteiger partial charge in [-0.25, -0.2) is 0 Å². The van der Waals surface area contributed by atoms with Crippen molar-refractivity contribution in [1.82, 2.24) is 0 Å². The zero-order valence-electron chi connectivity index (χ0n) is 29.9. The third-order valence-corrected chi connectivity index (χ3v) is 10.9. The van der Waals surface area contributed by atoms with Gasteiger partial charge in [0, 0.05) is 33.4 Å². The molecule has 0 saturated carbocycles. The van der Waals surface area contributed by atoms with Crippen molar-refractivity contribution in [3.63, 3.8) is 0 Å². The van der Waals surface area contributed by atoms with Gasteiger partial charge in [0.05, 0.1) is 5.41 Å². The number of hydrogen-bond acceptors (Lipinski definition) is 3. The maximum Gasteiger partial charge on any atom is 0.573 e. The first-order valence-electron chi connectivity index (χ1n) is 18.4. The minimum absolute atomic E-state index is 0.283. The first-order valence-corrected chi connectivity index (χ1v) is 18.4. The second-order valence-electron chi connectivity index (χ2n) is 14.0. The van der Waals surface area contributed by atoms with E-state index in [0.717, 1.165) is 55.6 Å². The van der Waals surface area contributed by atoms with Crippen molar-refractivity contribution >= 4 is 39.0 Å². The van der Waals surface area contributed by atoms with Crippen LogP contribution in [0.5, 0.6) is 5.75 Å². The number of benzene rings is 8. The van der Waals surface area contributed by atoms with E-state index >= 15 is 0 Å². The first kappa shape index (κ1) is 33.5. The average molecular weight is 736 g/mol. The molecule has 0 unspecified atom stereocenters. The van der Waals surface area contributed by atoms with Crippen LogP contribution in [0.3, 0.4) is 0 Å². The average Bonchev–Trinajstić information content (AvgIpc) is 3.76. The number of fused-ring (bicyclic) bond motifs is 6. The summed E-state index contributed by atoms with van der Waals surface area (Å²) < 4.78 is 50.0. The van der Waals surface area contributed by atoms with Gasteiger partial charge in [0.2, 0.25) is 0 Å². The lowest BCUT2D eigenvalue weighted by Gasteiger charge is -2.34. The minimum Gasteiger partial charge on any atom is -0.455 e. The maximum atomic E-state index is 13.1. The number of rotatable bonds is 7. The van der Waals surface area contributed by atoms with Crippen molar-refractivity contribution in [3.8, 4) is 28.0 Å². The van der Waals surface area contributed by atoms with Crippen molar-refractivity contribution < 1.29 is 22.3 Å². The molecule has 0 bridgehead atoms. The highest BCUT2D eigenvalue weighted by Crippen LogP contribution is 2.56. The van der Waals surface area contributed by atoms with Gasteiger partial charge in [-0.1, -0.05) is 140 Å². The van der Waals surface area contributed by atoms with E-state index < -0.39 is 11.8 Å². The summed E-state index contributed by atoms with van der Waals surface area (Å²) in [7, 11) is 0. The topological polar surface area (TPSA) is 25.6 Å².